The summed E-state index contributed by atoms with van der Waals surface area (Å²) in [6, 6.07) is 1.70. The van der Waals surface area contributed by atoms with Gasteiger partial charge in [0.05, 0.1) is 14.2 Å². The maximum absolute atomic E-state index is 11.1. The Morgan fingerprint density at radius 3 is 2.62 bits per heavy atom. The van der Waals surface area contributed by atoms with Crippen molar-refractivity contribution in [2.24, 2.45) is 0 Å². The molecule has 0 aliphatic heterocycles. The van der Waals surface area contributed by atoms with Gasteiger partial charge in [0.15, 0.2) is 5.69 Å². The summed E-state index contributed by atoms with van der Waals surface area (Å²) in [5, 5.41) is 0. The van der Waals surface area contributed by atoms with E-state index in [0.29, 0.717) is 5.69 Å². The number of methoxy groups -OCH3 is 2. The number of aromatic nitrogens is 2. The van der Waals surface area contributed by atoms with Crippen LogP contribution in [0.2, 0.25) is 0 Å². The molecule has 0 fully saturated rings. The van der Waals surface area contributed by atoms with E-state index in [0.717, 1.165) is 0 Å². The lowest BCUT2D eigenvalue weighted by molar-refractivity contribution is 0.0592. The van der Waals surface area contributed by atoms with Crippen LogP contribution in [-0.4, -0.2) is 30.2 Å². The van der Waals surface area contributed by atoms with Crippen LogP contribution in [-0.2, 0) is 4.74 Å². The van der Waals surface area contributed by atoms with Crippen LogP contribution < -0.4 is 4.74 Å². The van der Waals surface area contributed by atoms with Crippen molar-refractivity contribution in [1.29, 1.82) is 0 Å². The zero-order valence-electron chi connectivity index (χ0n) is 7.70. The average Bonchev–Trinajstić information content (AvgIpc) is 2.15. The van der Waals surface area contributed by atoms with Crippen LogP contribution in [0.4, 0.5) is 0 Å². The van der Waals surface area contributed by atoms with Gasteiger partial charge in [-0.3, -0.25) is 0 Å². The molecule has 70 valence electrons. The number of carbonyl (C=O) groups excluding carboxylic acids is 1. The van der Waals surface area contributed by atoms with Gasteiger partial charge in [0.2, 0.25) is 0 Å². The summed E-state index contributed by atoms with van der Waals surface area (Å²) in [5.74, 6) is -0.496. The highest BCUT2D eigenvalue weighted by Gasteiger charge is 2.10. The van der Waals surface area contributed by atoms with E-state index in [1.54, 1.807) is 6.92 Å². The highest BCUT2D eigenvalue weighted by molar-refractivity contribution is 5.87. The molecule has 1 rings (SSSR count). The third-order valence-electron chi connectivity index (χ3n) is 1.41. The van der Waals surface area contributed by atoms with E-state index < -0.39 is 5.97 Å². The van der Waals surface area contributed by atoms with Crippen molar-refractivity contribution in [2.45, 2.75) is 6.92 Å². The summed E-state index contributed by atoms with van der Waals surface area (Å²) in [4.78, 5) is 18.8. The number of hydrogen-bond donors (Lipinski definition) is 0. The molecular weight excluding hydrogens is 172 g/mol. The quantitative estimate of drug-likeness (QED) is 0.626. The third kappa shape index (κ3) is 2.14. The second kappa shape index (κ2) is 3.84. The molecule has 0 unspecified atom stereocenters. The summed E-state index contributed by atoms with van der Waals surface area (Å²) in [7, 11) is 2.74. The monoisotopic (exact) mass is 182 g/mol. The van der Waals surface area contributed by atoms with Crippen LogP contribution in [0.25, 0.3) is 0 Å². The fraction of sp³-hybridized carbons (Fsp3) is 0.375. The molecule has 5 nitrogen and oxygen atoms in total. The zero-order valence-corrected chi connectivity index (χ0v) is 7.70. The van der Waals surface area contributed by atoms with E-state index in [1.165, 1.54) is 20.3 Å². The maximum atomic E-state index is 11.1. The topological polar surface area (TPSA) is 61.3 Å². The van der Waals surface area contributed by atoms with Gasteiger partial charge in [0, 0.05) is 5.69 Å². The summed E-state index contributed by atoms with van der Waals surface area (Å²) in [6.07, 6.45) is 0. The van der Waals surface area contributed by atoms with E-state index in [1.807, 2.05) is 0 Å². The minimum atomic E-state index is -0.496. The van der Waals surface area contributed by atoms with Crippen LogP contribution in [0.1, 0.15) is 16.2 Å². The van der Waals surface area contributed by atoms with E-state index in [-0.39, 0.29) is 11.7 Å². The molecular formula is C8H10N2O3. The van der Waals surface area contributed by atoms with E-state index in [9.17, 15) is 4.79 Å². The Morgan fingerprint density at radius 1 is 1.38 bits per heavy atom. The van der Waals surface area contributed by atoms with Gasteiger partial charge in [-0.05, 0) is 13.0 Å². The molecule has 0 spiro atoms. The minimum Gasteiger partial charge on any atom is -0.467 e. The molecule has 0 N–H and O–H groups in total. The van der Waals surface area contributed by atoms with Crippen molar-refractivity contribution in [3.05, 3.63) is 17.5 Å². The third-order valence-corrected chi connectivity index (χ3v) is 1.41. The second-order valence-electron chi connectivity index (χ2n) is 2.37. The predicted octanol–water partition coefficient (Wildman–Crippen LogP) is 0.580. The first-order chi connectivity index (χ1) is 6.17. The molecule has 0 aliphatic rings. The van der Waals surface area contributed by atoms with Crippen molar-refractivity contribution in [1.82, 2.24) is 9.97 Å². The molecule has 0 saturated carbocycles. The van der Waals surface area contributed by atoms with E-state index in [2.05, 4.69) is 14.7 Å². The summed E-state index contributed by atoms with van der Waals surface area (Å²) in [6.45, 7) is 1.75. The first-order valence-corrected chi connectivity index (χ1v) is 3.65. The van der Waals surface area contributed by atoms with Crippen LogP contribution in [0.15, 0.2) is 6.07 Å². The second-order valence-corrected chi connectivity index (χ2v) is 2.37. The van der Waals surface area contributed by atoms with Gasteiger partial charge in [-0.1, -0.05) is 0 Å². The van der Waals surface area contributed by atoms with Crippen LogP contribution in [0.3, 0.4) is 0 Å². The van der Waals surface area contributed by atoms with Crippen molar-refractivity contribution >= 4 is 5.97 Å². The molecule has 0 radical (unpaired) electrons. The first kappa shape index (κ1) is 9.44. The maximum Gasteiger partial charge on any atom is 0.356 e. The van der Waals surface area contributed by atoms with Gasteiger partial charge in [-0.2, -0.15) is 4.98 Å². The number of rotatable bonds is 2. The fourth-order valence-electron chi connectivity index (χ4n) is 0.842. The van der Waals surface area contributed by atoms with Crippen molar-refractivity contribution in [3.63, 3.8) is 0 Å². The molecule has 1 aromatic rings. The summed E-state index contributed by atoms with van der Waals surface area (Å²) < 4.78 is 9.31. The van der Waals surface area contributed by atoms with Crippen LogP contribution in [0.5, 0.6) is 6.01 Å². The summed E-state index contributed by atoms with van der Waals surface area (Å²) >= 11 is 0. The number of esters is 1. The standard InChI is InChI=1S/C8H10N2O3/c1-5-4-6(7(11)12-2)10-8(9-5)13-3/h4H,1-3H3. The van der Waals surface area contributed by atoms with Gasteiger partial charge < -0.3 is 9.47 Å². The first-order valence-electron chi connectivity index (χ1n) is 3.65. The number of nitrogens with zero attached hydrogens (tertiary/aromatic N) is 2. The molecule has 5 heteroatoms. The van der Waals surface area contributed by atoms with Crippen molar-refractivity contribution in [2.75, 3.05) is 14.2 Å². The minimum absolute atomic E-state index is 0.167. The predicted molar refractivity (Wildman–Crippen MR) is 44.7 cm³/mol. The SMILES string of the molecule is COC(=O)c1cc(C)nc(OC)n1. The lowest BCUT2D eigenvalue weighted by atomic mass is 10.3. The molecule has 0 amide bonds. The van der Waals surface area contributed by atoms with E-state index in [4.69, 9.17) is 4.74 Å². The number of hydrogen-bond acceptors (Lipinski definition) is 5. The Labute approximate surface area is 75.7 Å². The number of ether oxygens (including phenoxy) is 2. The normalized spacial score (nSPS) is 9.46. The zero-order chi connectivity index (χ0) is 9.84. The van der Waals surface area contributed by atoms with Crippen LogP contribution >= 0.6 is 0 Å². The molecule has 0 atom stereocenters. The molecule has 13 heavy (non-hydrogen) atoms. The van der Waals surface area contributed by atoms with Gasteiger partial charge in [-0.25, -0.2) is 9.78 Å². The Morgan fingerprint density at radius 2 is 2.08 bits per heavy atom. The summed E-state index contributed by atoms with van der Waals surface area (Å²) in [5.41, 5.74) is 0.860. The number of aryl methyl sites for hydroxylation is 1. The molecule has 1 heterocycles. The van der Waals surface area contributed by atoms with E-state index >= 15 is 0 Å². The smallest absolute Gasteiger partial charge is 0.356 e. The van der Waals surface area contributed by atoms with Gasteiger partial charge in [0.1, 0.15) is 0 Å². The Kier molecular flexibility index (Phi) is 2.79. The molecule has 0 aromatic carbocycles. The fourth-order valence-corrected chi connectivity index (χ4v) is 0.842. The van der Waals surface area contributed by atoms with Gasteiger partial charge in [0.25, 0.3) is 0 Å². The van der Waals surface area contributed by atoms with Crippen molar-refractivity contribution < 1.29 is 14.3 Å². The Hall–Kier alpha value is -1.65. The lowest BCUT2D eigenvalue weighted by Crippen LogP contribution is -2.07. The Balaban J connectivity index is 3.08. The van der Waals surface area contributed by atoms with Crippen molar-refractivity contribution in [3.8, 4) is 6.01 Å². The largest absolute Gasteiger partial charge is 0.467 e. The van der Waals surface area contributed by atoms with Gasteiger partial charge >= 0.3 is 12.0 Å². The lowest BCUT2D eigenvalue weighted by Gasteiger charge is -2.02. The highest BCUT2D eigenvalue weighted by atomic mass is 16.5. The molecule has 0 bridgehead atoms. The number of carbonyl (C=O) groups is 1. The molecule has 1 aromatic heterocycles. The van der Waals surface area contributed by atoms with Gasteiger partial charge in [-0.15, -0.1) is 0 Å². The molecule has 0 aliphatic carbocycles. The van der Waals surface area contributed by atoms with Crippen LogP contribution in [0, 0.1) is 6.92 Å². The Bertz CT molecular complexity index is 325. The average molecular weight is 182 g/mol. The molecule has 0 saturated heterocycles. The highest BCUT2D eigenvalue weighted by Crippen LogP contribution is 2.06.